The van der Waals surface area contributed by atoms with Crippen molar-refractivity contribution in [3.05, 3.63) is 53.8 Å². The quantitative estimate of drug-likeness (QED) is 0.692. The van der Waals surface area contributed by atoms with Crippen molar-refractivity contribution in [1.82, 2.24) is 0 Å². The Morgan fingerprint density at radius 3 is 2.19 bits per heavy atom. The molecule has 0 aromatic heterocycles. The molecule has 2 rings (SSSR count). The lowest BCUT2D eigenvalue weighted by Gasteiger charge is -2.10. The second kappa shape index (κ2) is 6.16. The van der Waals surface area contributed by atoms with E-state index in [0.29, 0.717) is 11.1 Å². The van der Waals surface area contributed by atoms with E-state index < -0.39 is 6.36 Å². The highest BCUT2D eigenvalue weighted by atomic mass is 19.4. The van der Waals surface area contributed by atoms with Crippen molar-refractivity contribution in [2.75, 3.05) is 0 Å². The molecule has 112 valence electrons. The summed E-state index contributed by atoms with van der Waals surface area (Å²) in [5.74, 6) is -0.709. The zero-order valence-electron chi connectivity index (χ0n) is 11.4. The number of hydrogen-bond donors (Lipinski definition) is 0. The maximum atomic E-state index is 14.0. The van der Waals surface area contributed by atoms with Crippen molar-refractivity contribution in [1.29, 1.82) is 0 Å². The fourth-order valence-electron chi connectivity index (χ4n) is 2.07. The van der Waals surface area contributed by atoms with Crippen molar-refractivity contribution in [3.8, 4) is 16.9 Å². The van der Waals surface area contributed by atoms with Crippen molar-refractivity contribution in [3.63, 3.8) is 0 Å². The zero-order chi connectivity index (χ0) is 15.5. The molecule has 0 aliphatic rings. The molecule has 21 heavy (non-hydrogen) atoms. The molecule has 0 heterocycles. The largest absolute Gasteiger partial charge is 0.573 e. The number of benzene rings is 2. The molecule has 5 heteroatoms. The standard InChI is InChI=1S/C16H14F4O/c1-2-3-11-4-9-14(15(17)10-11)12-5-7-13(8-6-12)21-16(18,19)20/h4-10H,2-3H2,1H3. The van der Waals surface area contributed by atoms with Gasteiger partial charge in [-0.1, -0.05) is 37.6 Å². The second-order valence-electron chi connectivity index (χ2n) is 4.64. The number of hydrogen-bond acceptors (Lipinski definition) is 1. The number of ether oxygens (including phenoxy) is 1. The second-order valence-corrected chi connectivity index (χ2v) is 4.64. The Bertz CT molecular complexity index is 603. The minimum atomic E-state index is -4.73. The van der Waals surface area contributed by atoms with Gasteiger partial charge in [-0.2, -0.15) is 0 Å². The Hall–Kier alpha value is -2.04. The van der Waals surface area contributed by atoms with E-state index in [2.05, 4.69) is 4.74 Å². The predicted octanol–water partition coefficient (Wildman–Crippen LogP) is 5.34. The maximum Gasteiger partial charge on any atom is 0.573 e. The number of alkyl halides is 3. The lowest BCUT2D eigenvalue weighted by atomic mass is 10.0. The van der Waals surface area contributed by atoms with Crippen LogP contribution in [-0.2, 0) is 6.42 Å². The smallest absolute Gasteiger partial charge is 0.406 e. The number of halogens is 4. The van der Waals surface area contributed by atoms with Crippen molar-refractivity contribution in [2.24, 2.45) is 0 Å². The third-order valence-corrected chi connectivity index (χ3v) is 2.97. The van der Waals surface area contributed by atoms with Gasteiger partial charge in [-0.05, 0) is 35.7 Å². The molecular formula is C16H14F4O. The SMILES string of the molecule is CCCc1ccc(-c2ccc(OC(F)(F)F)cc2)c(F)c1. The van der Waals surface area contributed by atoms with Crippen LogP contribution in [0.3, 0.4) is 0 Å². The summed E-state index contributed by atoms with van der Waals surface area (Å²) in [6, 6.07) is 10.1. The van der Waals surface area contributed by atoms with Crippen LogP contribution in [0.1, 0.15) is 18.9 Å². The zero-order valence-corrected chi connectivity index (χ0v) is 11.4. The van der Waals surface area contributed by atoms with Crippen LogP contribution in [0.4, 0.5) is 17.6 Å². The Labute approximate surface area is 120 Å². The molecule has 0 fully saturated rings. The van der Waals surface area contributed by atoms with Gasteiger partial charge in [0.25, 0.3) is 0 Å². The molecule has 0 bridgehead atoms. The Morgan fingerprint density at radius 2 is 1.67 bits per heavy atom. The molecule has 0 atom stereocenters. The molecule has 0 unspecified atom stereocenters. The van der Waals surface area contributed by atoms with Gasteiger partial charge in [0, 0.05) is 5.56 Å². The topological polar surface area (TPSA) is 9.23 Å². The van der Waals surface area contributed by atoms with E-state index in [1.165, 1.54) is 30.3 Å². The third kappa shape index (κ3) is 4.21. The first-order valence-corrected chi connectivity index (χ1v) is 6.53. The molecule has 0 saturated carbocycles. The summed E-state index contributed by atoms with van der Waals surface area (Å²) in [5.41, 5.74) is 1.76. The molecule has 0 aliphatic heterocycles. The summed E-state index contributed by atoms with van der Waals surface area (Å²) < 4.78 is 54.0. The first kappa shape index (κ1) is 15.4. The molecule has 1 nitrogen and oxygen atoms in total. The summed E-state index contributed by atoms with van der Waals surface area (Å²) in [5, 5.41) is 0. The summed E-state index contributed by atoms with van der Waals surface area (Å²) in [7, 11) is 0. The molecule has 0 amide bonds. The van der Waals surface area contributed by atoms with E-state index in [4.69, 9.17) is 0 Å². The highest BCUT2D eigenvalue weighted by Gasteiger charge is 2.30. The summed E-state index contributed by atoms with van der Waals surface area (Å²) >= 11 is 0. The molecule has 2 aromatic carbocycles. The molecule has 0 aliphatic carbocycles. The lowest BCUT2D eigenvalue weighted by molar-refractivity contribution is -0.274. The van der Waals surface area contributed by atoms with E-state index in [1.54, 1.807) is 6.07 Å². The van der Waals surface area contributed by atoms with Gasteiger partial charge in [0.2, 0.25) is 0 Å². The van der Waals surface area contributed by atoms with E-state index in [0.717, 1.165) is 18.4 Å². The summed E-state index contributed by atoms with van der Waals surface area (Å²) in [6.07, 6.45) is -3.02. The van der Waals surface area contributed by atoms with Crippen molar-refractivity contribution >= 4 is 0 Å². The average Bonchev–Trinajstić information content (AvgIpc) is 2.39. The van der Waals surface area contributed by atoms with Crippen molar-refractivity contribution < 1.29 is 22.3 Å². The van der Waals surface area contributed by atoms with Crippen molar-refractivity contribution in [2.45, 2.75) is 26.1 Å². The van der Waals surface area contributed by atoms with E-state index in [-0.39, 0.29) is 11.6 Å². The van der Waals surface area contributed by atoms with Gasteiger partial charge in [-0.25, -0.2) is 4.39 Å². The Balaban J connectivity index is 2.22. The first-order chi connectivity index (χ1) is 9.89. The van der Waals surface area contributed by atoms with Crippen LogP contribution in [0.2, 0.25) is 0 Å². The molecular weight excluding hydrogens is 284 g/mol. The Kier molecular flexibility index (Phi) is 4.50. The van der Waals surface area contributed by atoms with Crippen LogP contribution in [0.25, 0.3) is 11.1 Å². The fourth-order valence-corrected chi connectivity index (χ4v) is 2.07. The highest BCUT2D eigenvalue weighted by Crippen LogP contribution is 2.28. The normalized spacial score (nSPS) is 11.5. The third-order valence-electron chi connectivity index (χ3n) is 2.97. The minimum Gasteiger partial charge on any atom is -0.406 e. The Morgan fingerprint density at radius 1 is 1.00 bits per heavy atom. The van der Waals surface area contributed by atoms with E-state index in [9.17, 15) is 17.6 Å². The molecule has 0 radical (unpaired) electrons. The van der Waals surface area contributed by atoms with Crippen LogP contribution in [0.15, 0.2) is 42.5 Å². The van der Waals surface area contributed by atoms with Crippen LogP contribution in [0, 0.1) is 5.82 Å². The fraction of sp³-hybridized carbons (Fsp3) is 0.250. The molecule has 0 spiro atoms. The van der Waals surface area contributed by atoms with Crippen LogP contribution < -0.4 is 4.74 Å². The van der Waals surface area contributed by atoms with Crippen LogP contribution in [0.5, 0.6) is 5.75 Å². The first-order valence-electron chi connectivity index (χ1n) is 6.53. The van der Waals surface area contributed by atoms with Crippen LogP contribution in [-0.4, -0.2) is 6.36 Å². The summed E-state index contributed by atoms with van der Waals surface area (Å²) in [6.45, 7) is 2.01. The van der Waals surface area contributed by atoms with Gasteiger partial charge < -0.3 is 4.74 Å². The molecule has 2 aromatic rings. The van der Waals surface area contributed by atoms with E-state index >= 15 is 0 Å². The lowest BCUT2D eigenvalue weighted by Crippen LogP contribution is -2.16. The van der Waals surface area contributed by atoms with Gasteiger partial charge in [0.05, 0.1) is 0 Å². The highest BCUT2D eigenvalue weighted by molar-refractivity contribution is 5.65. The van der Waals surface area contributed by atoms with Gasteiger partial charge in [0.1, 0.15) is 11.6 Å². The minimum absolute atomic E-state index is 0.325. The van der Waals surface area contributed by atoms with Crippen LogP contribution >= 0.6 is 0 Å². The maximum absolute atomic E-state index is 14.0. The van der Waals surface area contributed by atoms with Gasteiger partial charge in [-0.3, -0.25) is 0 Å². The number of aryl methyl sites for hydroxylation is 1. The molecule has 0 N–H and O–H groups in total. The predicted molar refractivity (Wildman–Crippen MR) is 72.5 cm³/mol. The van der Waals surface area contributed by atoms with Gasteiger partial charge in [0.15, 0.2) is 0 Å². The average molecular weight is 298 g/mol. The monoisotopic (exact) mass is 298 g/mol. The van der Waals surface area contributed by atoms with Gasteiger partial charge >= 0.3 is 6.36 Å². The van der Waals surface area contributed by atoms with Gasteiger partial charge in [-0.15, -0.1) is 13.2 Å². The molecule has 0 saturated heterocycles. The van der Waals surface area contributed by atoms with E-state index in [1.807, 2.05) is 13.0 Å². The number of rotatable bonds is 4. The summed E-state index contributed by atoms with van der Waals surface area (Å²) in [4.78, 5) is 0.